The molecule has 1 aliphatic rings. The number of fused-ring (bicyclic) bond motifs is 1. The highest BCUT2D eigenvalue weighted by atomic mass is 35.5. The van der Waals surface area contributed by atoms with Crippen molar-refractivity contribution in [3.63, 3.8) is 0 Å². The summed E-state index contributed by atoms with van der Waals surface area (Å²) in [5.74, 6) is 0.530. The van der Waals surface area contributed by atoms with Crippen molar-refractivity contribution in [2.24, 2.45) is 0 Å². The van der Waals surface area contributed by atoms with E-state index in [-0.39, 0.29) is 37.7 Å². The third kappa shape index (κ3) is 9.11. The number of carbonyl (C=O) groups excluding carboxylic acids is 2. The highest BCUT2D eigenvalue weighted by Gasteiger charge is 2.30. The van der Waals surface area contributed by atoms with Crippen molar-refractivity contribution in [3.8, 4) is 11.5 Å². The van der Waals surface area contributed by atoms with Gasteiger partial charge in [0, 0.05) is 43.6 Å². The standard InChI is InChI=1S/C32H38ClN3O6S/c1-3-16-34-32(38)28(21-24-9-5-4-6-10-24)35(23-25-11-7-12-26(33)20-25)31(37)13-8-17-36(43(2,39)40)27-14-15-29-30(22-27)42-19-18-41-29/h4-7,9-12,14-15,20,22,28H,3,8,13,16-19,21,23H2,1-2H3,(H,34,38)/t28-/m0/s1. The number of benzene rings is 3. The zero-order chi connectivity index (χ0) is 30.8. The highest BCUT2D eigenvalue weighted by Crippen LogP contribution is 2.35. The van der Waals surface area contributed by atoms with Crippen LogP contribution in [0.25, 0.3) is 0 Å². The molecular weight excluding hydrogens is 590 g/mol. The van der Waals surface area contributed by atoms with Crippen molar-refractivity contribution < 1.29 is 27.5 Å². The van der Waals surface area contributed by atoms with Crippen LogP contribution in [-0.4, -0.2) is 63.7 Å². The van der Waals surface area contributed by atoms with Gasteiger partial charge in [-0.2, -0.15) is 0 Å². The summed E-state index contributed by atoms with van der Waals surface area (Å²) in [6.07, 6.45) is 2.48. The number of carbonyl (C=O) groups is 2. The Morgan fingerprint density at radius 2 is 1.67 bits per heavy atom. The monoisotopic (exact) mass is 627 g/mol. The average Bonchev–Trinajstić information content (AvgIpc) is 2.99. The van der Waals surface area contributed by atoms with Gasteiger partial charge in [-0.25, -0.2) is 8.42 Å². The van der Waals surface area contributed by atoms with Gasteiger partial charge >= 0.3 is 0 Å². The second-order valence-electron chi connectivity index (χ2n) is 10.4. The maximum atomic E-state index is 13.9. The Morgan fingerprint density at radius 3 is 2.37 bits per heavy atom. The summed E-state index contributed by atoms with van der Waals surface area (Å²) in [4.78, 5) is 29.0. The third-order valence-electron chi connectivity index (χ3n) is 7.03. The molecule has 0 saturated carbocycles. The molecule has 0 saturated heterocycles. The van der Waals surface area contributed by atoms with E-state index in [2.05, 4.69) is 5.32 Å². The molecule has 0 unspecified atom stereocenters. The Kier molecular flexibility index (Phi) is 11.3. The number of rotatable bonds is 14. The maximum Gasteiger partial charge on any atom is 0.243 e. The lowest BCUT2D eigenvalue weighted by Gasteiger charge is -2.32. The number of ether oxygens (including phenoxy) is 2. The van der Waals surface area contributed by atoms with Crippen molar-refractivity contribution in [1.29, 1.82) is 0 Å². The maximum absolute atomic E-state index is 13.9. The Hall–Kier alpha value is -3.76. The van der Waals surface area contributed by atoms with Gasteiger partial charge in [-0.3, -0.25) is 13.9 Å². The fraction of sp³-hybridized carbons (Fsp3) is 0.375. The normalized spacial score (nSPS) is 13.2. The number of hydrogen-bond acceptors (Lipinski definition) is 6. The Morgan fingerprint density at radius 1 is 0.953 bits per heavy atom. The minimum Gasteiger partial charge on any atom is -0.486 e. The molecule has 0 fully saturated rings. The van der Waals surface area contributed by atoms with E-state index < -0.39 is 16.1 Å². The first-order chi connectivity index (χ1) is 20.7. The molecule has 1 heterocycles. The topological polar surface area (TPSA) is 105 Å². The van der Waals surface area contributed by atoms with E-state index in [4.69, 9.17) is 21.1 Å². The van der Waals surface area contributed by atoms with E-state index in [1.807, 2.05) is 43.3 Å². The zero-order valence-electron chi connectivity index (χ0n) is 24.5. The summed E-state index contributed by atoms with van der Waals surface area (Å²) in [5.41, 5.74) is 2.14. The predicted octanol–water partition coefficient (Wildman–Crippen LogP) is 4.82. The lowest BCUT2D eigenvalue weighted by molar-refractivity contribution is -0.141. The molecule has 1 atom stereocenters. The second-order valence-corrected chi connectivity index (χ2v) is 12.8. The molecule has 3 aromatic rings. The fourth-order valence-electron chi connectivity index (χ4n) is 4.94. The number of nitrogens with zero attached hydrogens (tertiary/aromatic N) is 2. The molecule has 1 aliphatic heterocycles. The van der Waals surface area contributed by atoms with Crippen LogP contribution in [-0.2, 0) is 32.6 Å². The lowest BCUT2D eigenvalue weighted by Crippen LogP contribution is -2.50. The molecule has 0 spiro atoms. The van der Waals surface area contributed by atoms with Gasteiger partial charge in [0.2, 0.25) is 21.8 Å². The minimum absolute atomic E-state index is 0.0312. The highest BCUT2D eigenvalue weighted by molar-refractivity contribution is 7.92. The van der Waals surface area contributed by atoms with Crippen molar-refractivity contribution in [1.82, 2.24) is 10.2 Å². The smallest absolute Gasteiger partial charge is 0.243 e. The number of sulfonamides is 1. The summed E-state index contributed by atoms with van der Waals surface area (Å²) in [6, 6.07) is 21.0. The van der Waals surface area contributed by atoms with E-state index in [1.54, 1.807) is 41.3 Å². The van der Waals surface area contributed by atoms with Crippen LogP contribution in [0.5, 0.6) is 11.5 Å². The average molecular weight is 628 g/mol. The van der Waals surface area contributed by atoms with Crippen molar-refractivity contribution in [2.45, 2.75) is 45.2 Å². The number of nitrogens with one attached hydrogen (secondary N) is 1. The van der Waals surface area contributed by atoms with Crippen LogP contribution < -0.4 is 19.1 Å². The molecule has 4 rings (SSSR count). The van der Waals surface area contributed by atoms with Crippen molar-refractivity contribution >= 4 is 39.1 Å². The zero-order valence-corrected chi connectivity index (χ0v) is 26.1. The van der Waals surface area contributed by atoms with Gasteiger partial charge in [0.15, 0.2) is 11.5 Å². The van der Waals surface area contributed by atoms with Gasteiger partial charge in [0.1, 0.15) is 19.3 Å². The van der Waals surface area contributed by atoms with Gasteiger partial charge < -0.3 is 19.7 Å². The number of hydrogen-bond donors (Lipinski definition) is 1. The summed E-state index contributed by atoms with van der Waals surface area (Å²) in [6.45, 7) is 3.51. The van der Waals surface area contributed by atoms with Crippen LogP contribution in [0.2, 0.25) is 5.02 Å². The molecule has 0 aromatic heterocycles. The van der Waals surface area contributed by atoms with Crippen LogP contribution in [0.4, 0.5) is 5.69 Å². The summed E-state index contributed by atoms with van der Waals surface area (Å²) < 4.78 is 38.0. The van der Waals surface area contributed by atoms with Gasteiger partial charge in [0.25, 0.3) is 0 Å². The van der Waals surface area contributed by atoms with Crippen molar-refractivity contribution in [3.05, 3.63) is 88.9 Å². The molecule has 0 aliphatic carbocycles. The van der Waals surface area contributed by atoms with Gasteiger partial charge in [-0.05, 0) is 48.2 Å². The first kappa shape index (κ1) is 32.2. The second kappa shape index (κ2) is 15.1. The number of halogens is 1. The third-order valence-corrected chi connectivity index (χ3v) is 8.46. The summed E-state index contributed by atoms with van der Waals surface area (Å²) in [5, 5.41) is 3.49. The quantitative estimate of drug-likeness (QED) is 0.275. The van der Waals surface area contributed by atoms with Gasteiger partial charge in [0.05, 0.1) is 11.9 Å². The van der Waals surface area contributed by atoms with Crippen LogP contribution in [0.1, 0.15) is 37.3 Å². The van der Waals surface area contributed by atoms with Gasteiger partial charge in [-0.1, -0.05) is 61.0 Å². The molecule has 43 heavy (non-hydrogen) atoms. The summed E-state index contributed by atoms with van der Waals surface area (Å²) >= 11 is 6.25. The molecule has 9 nitrogen and oxygen atoms in total. The van der Waals surface area contributed by atoms with E-state index in [0.29, 0.717) is 48.4 Å². The van der Waals surface area contributed by atoms with E-state index >= 15 is 0 Å². The molecule has 0 bridgehead atoms. The van der Waals surface area contributed by atoms with Gasteiger partial charge in [-0.15, -0.1) is 0 Å². The number of amides is 2. The van der Waals surface area contributed by atoms with Crippen LogP contribution in [0, 0.1) is 0 Å². The lowest BCUT2D eigenvalue weighted by atomic mass is 10.0. The Labute approximate surface area is 258 Å². The van der Waals surface area contributed by atoms with Crippen LogP contribution >= 0.6 is 11.6 Å². The molecule has 11 heteroatoms. The number of anilines is 1. The summed E-state index contributed by atoms with van der Waals surface area (Å²) in [7, 11) is -3.66. The van der Waals surface area contributed by atoms with Crippen molar-refractivity contribution in [2.75, 3.05) is 36.9 Å². The fourth-order valence-corrected chi connectivity index (χ4v) is 6.11. The largest absolute Gasteiger partial charge is 0.486 e. The molecule has 2 amide bonds. The molecule has 3 aromatic carbocycles. The van der Waals surface area contributed by atoms with E-state index in [9.17, 15) is 18.0 Å². The molecule has 1 N–H and O–H groups in total. The van der Waals surface area contributed by atoms with Crippen LogP contribution in [0.15, 0.2) is 72.8 Å². The van der Waals surface area contributed by atoms with Crippen LogP contribution in [0.3, 0.4) is 0 Å². The Balaban J connectivity index is 1.56. The minimum atomic E-state index is -3.66. The first-order valence-electron chi connectivity index (χ1n) is 14.4. The molecule has 0 radical (unpaired) electrons. The molecular formula is C32H38ClN3O6S. The molecule has 230 valence electrons. The van der Waals surface area contributed by atoms with E-state index in [0.717, 1.165) is 23.8 Å². The van der Waals surface area contributed by atoms with E-state index in [1.165, 1.54) is 4.31 Å². The predicted molar refractivity (Wildman–Crippen MR) is 168 cm³/mol. The first-order valence-corrected chi connectivity index (χ1v) is 16.6. The SMILES string of the molecule is CCCNC(=O)[C@H](Cc1ccccc1)N(Cc1cccc(Cl)c1)C(=O)CCCN(c1ccc2c(c1)OCCO2)S(C)(=O)=O. The Bertz CT molecular complexity index is 1500.